The third kappa shape index (κ3) is 3.46. The first-order valence-corrected chi connectivity index (χ1v) is 11.4. The van der Waals surface area contributed by atoms with E-state index in [1.807, 2.05) is 4.90 Å². The van der Waals surface area contributed by atoms with Crippen LogP contribution in [0.5, 0.6) is 0 Å². The van der Waals surface area contributed by atoms with Gasteiger partial charge in [-0.05, 0) is 43.0 Å². The van der Waals surface area contributed by atoms with E-state index in [0.717, 1.165) is 19.4 Å². The zero-order valence-corrected chi connectivity index (χ0v) is 17.0. The van der Waals surface area contributed by atoms with E-state index in [9.17, 15) is 13.2 Å². The van der Waals surface area contributed by atoms with Crippen LogP contribution in [0.1, 0.15) is 17.5 Å². The van der Waals surface area contributed by atoms with Crippen LogP contribution >= 0.6 is 0 Å². The van der Waals surface area contributed by atoms with Crippen molar-refractivity contribution in [1.82, 2.24) is 4.90 Å². The number of rotatable bonds is 2. The maximum Gasteiger partial charge on any atom is 0.321 e. The van der Waals surface area contributed by atoms with Gasteiger partial charge in [0.2, 0.25) is 0 Å². The van der Waals surface area contributed by atoms with E-state index < -0.39 is 9.84 Å². The first-order valence-electron chi connectivity index (χ1n) is 9.55. The third-order valence-electron chi connectivity index (χ3n) is 5.57. The van der Waals surface area contributed by atoms with Gasteiger partial charge in [-0.25, -0.2) is 13.2 Å². The number of sulfone groups is 1. The molecule has 1 fully saturated rings. The van der Waals surface area contributed by atoms with Crippen molar-refractivity contribution >= 4 is 27.2 Å². The summed E-state index contributed by atoms with van der Waals surface area (Å²) in [5.41, 5.74) is 3.58. The smallest absolute Gasteiger partial charge is 0.321 e. The zero-order valence-electron chi connectivity index (χ0n) is 16.2. The Morgan fingerprint density at radius 1 is 1.11 bits per heavy atom. The Hall–Kier alpha value is -2.54. The normalized spacial score (nSPS) is 19.0. The van der Waals surface area contributed by atoms with Gasteiger partial charge in [0.05, 0.1) is 16.6 Å². The average molecular weight is 400 g/mol. The van der Waals surface area contributed by atoms with Crippen molar-refractivity contribution in [3.8, 4) is 0 Å². The highest BCUT2D eigenvalue weighted by atomic mass is 32.2. The standard InChI is InChI=1S/C21H25N3O3S/c1-15-7-5-9-18(20(15)28(2,26)27)22-21(25)23-11-6-12-24-17(14-23)13-16-8-3-4-10-19(16)24/h3-5,7-10,17H,6,11-14H2,1-2H3,(H,22,25). The summed E-state index contributed by atoms with van der Waals surface area (Å²) in [6, 6.07) is 13.6. The van der Waals surface area contributed by atoms with Crippen molar-refractivity contribution in [2.45, 2.75) is 30.7 Å². The number of carbonyl (C=O) groups excluding carboxylic acids is 1. The van der Waals surface area contributed by atoms with Gasteiger partial charge in [0.15, 0.2) is 9.84 Å². The van der Waals surface area contributed by atoms with Gasteiger partial charge in [-0.3, -0.25) is 0 Å². The molecule has 0 spiro atoms. The molecule has 2 aliphatic rings. The number of aryl methyl sites for hydroxylation is 1. The number of benzene rings is 2. The minimum Gasteiger partial charge on any atom is -0.366 e. The topological polar surface area (TPSA) is 69.7 Å². The summed E-state index contributed by atoms with van der Waals surface area (Å²) < 4.78 is 24.4. The Balaban J connectivity index is 1.54. The van der Waals surface area contributed by atoms with E-state index in [4.69, 9.17) is 0 Å². The minimum atomic E-state index is -3.44. The fourth-order valence-corrected chi connectivity index (χ4v) is 5.56. The molecular weight excluding hydrogens is 374 g/mol. The molecular formula is C21H25N3O3S. The molecule has 2 aromatic carbocycles. The van der Waals surface area contributed by atoms with Gasteiger partial charge in [-0.15, -0.1) is 0 Å². The molecule has 7 heteroatoms. The molecule has 1 unspecified atom stereocenters. The Kier molecular flexibility index (Phi) is 4.79. The molecule has 0 saturated carbocycles. The first kappa shape index (κ1) is 18.8. The van der Waals surface area contributed by atoms with E-state index in [0.29, 0.717) is 24.3 Å². The number of urea groups is 1. The van der Waals surface area contributed by atoms with Crippen LogP contribution in [0.15, 0.2) is 47.4 Å². The SMILES string of the molecule is Cc1cccc(NC(=O)N2CCCN3c4ccccc4CC3C2)c1S(C)(=O)=O. The fourth-order valence-electron chi connectivity index (χ4n) is 4.39. The molecule has 0 aromatic heterocycles. The van der Waals surface area contributed by atoms with Crippen LogP contribution in [-0.2, 0) is 16.3 Å². The molecule has 0 radical (unpaired) electrons. The first-order chi connectivity index (χ1) is 13.3. The van der Waals surface area contributed by atoms with Gasteiger partial charge in [0.1, 0.15) is 0 Å². The summed E-state index contributed by atoms with van der Waals surface area (Å²) in [7, 11) is -3.44. The van der Waals surface area contributed by atoms with Crippen LogP contribution in [-0.4, -0.2) is 51.3 Å². The molecule has 2 amide bonds. The molecule has 2 aromatic rings. The summed E-state index contributed by atoms with van der Waals surface area (Å²) >= 11 is 0. The van der Waals surface area contributed by atoms with Crippen molar-refractivity contribution in [2.24, 2.45) is 0 Å². The van der Waals surface area contributed by atoms with Gasteiger partial charge in [0, 0.05) is 31.6 Å². The number of nitrogens with zero attached hydrogens (tertiary/aromatic N) is 2. The molecule has 148 valence electrons. The maximum atomic E-state index is 13.0. The summed E-state index contributed by atoms with van der Waals surface area (Å²) in [5.74, 6) is 0. The Labute approximate surface area is 166 Å². The highest BCUT2D eigenvalue weighted by Crippen LogP contribution is 2.34. The molecule has 1 atom stereocenters. The highest BCUT2D eigenvalue weighted by molar-refractivity contribution is 7.91. The second kappa shape index (κ2) is 7.13. The quantitative estimate of drug-likeness (QED) is 0.843. The predicted octanol–water partition coefficient (Wildman–Crippen LogP) is 3.07. The lowest BCUT2D eigenvalue weighted by atomic mass is 10.1. The van der Waals surface area contributed by atoms with E-state index in [1.165, 1.54) is 17.5 Å². The van der Waals surface area contributed by atoms with Gasteiger partial charge in [0.25, 0.3) is 0 Å². The Bertz CT molecular complexity index is 1020. The maximum absolute atomic E-state index is 13.0. The summed E-state index contributed by atoms with van der Waals surface area (Å²) in [6.45, 7) is 3.94. The third-order valence-corrected chi connectivity index (χ3v) is 6.85. The van der Waals surface area contributed by atoms with Crippen LogP contribution in [0.3, 0.4) is 0 Å². The average Bonchev–Trinajstić information content (AvgIpc) is 2.83. The van der Waals surface area contributed by atoms with E-state index in [2.05, 4.69) is 34.5 Å². The Morgan fingerprint density at radius 2 is 1.89 bits per heavy atom. The van der Waals surface area contributed by atoms with Crippen molar-refractivity contribution < 1.29 is 13.2 Å². The van der Waals surface area contributed by atoms with Crippen LogP contribution in [0.2, 0.25) is 0 Å². The van der Waals surface area contributed by atoms with E-state index >= 15 is 0 Å². The predicted molar refractivity (Wildman–Crippen MR) is 111 cm³/mol. The second-order valence-corrected chi connectivity index (χ2v) is 9.59. The molecule has 6 nitrogen and oxygen atoms in total. The van der Waals surface area contributed by atoms with Crippen LogP contribution in [0.4, 0.5) is 16.2 Å². The van der Waals surface area contributed by atoms with Gasteiger partial charge < -0.3 is 15.1 Å². The monoisotopic (exact) mass is 399 g/mol. The van der Waals surface area contributed by atoms with Gasteiger partial charge in [-0.1, -0.05) is 30.3 Å². The lowest BCUT2D eigenvalue weighted by molar-refractivity contribution is 0.211. The van der Waals surface area contributed by atoms with Crippen molar-refractivity contribution in [3.05, 3.63) is 53.6 Å². The summed E-state index contributed by atoms with van der Waals surface area (Å²) in [4.78, 5) is 17.4. The Morgan fingerprint density at radius 3 is 2.68 bits per heavy atom. The molecule has 2 heterocycles. The number of nitrogens with one attached hydrogen (secondary N) is 1. The van der Waals surface area contributed by atoms with Crippen molar-refractivity contribution in [1.29, 1.82) is 0 Å². The molecule has 0 aliphatic carbocycles. The number of para-hydroxylation sites is 1. The lowest BCUT2D eigenvalue weighted by Crippen LogP contribution is -2.43. The van der Waals surface area contributed by atoms with Crippen LogP contribution in [0.25, 0.3) is 0 Å². The number of anilines is 2. The molecule has 0 bridgehead atoms. The number of carbonyl (C=O) groups is 1. The van der Waals surface area contributed by atoms with Crippen molar-refractivity contribution in [3.63, 3.8) is 0 Å². The van der Waals surface area contributed by atoms with Gasteiger partial charge in [-0.2, -0.15) is 0 Å². The highest BCUT2D eigenvalue weighted by Gasteiger charge is 2.33. The van der Waals surface area contributed by atoms with Crippen LogP contribution < -0.4 is 10.2 Å². The lowest BCUT2D eigenvalue weighted by Gasteiger charge is -2.27. The number of hydrogen-bond acceptors (Lipinski definition) is 4. The minimum absolute atomic E-state index is 0.188. The summed E-state index contributed by atoms with van der Waals surface area (Å²) in [5, 5.41) is 2.85. The molecule has 2 aliphatic heterocycles. The largest absolute Gasteiger partial charge is 0.366 e. The van der Waals surface area contributed by atoms with Crippen LogP contribution in [0, 0.1) is 6.92 Å². The molecule has 28 heavy (non-hydrogen) atoms. The molecule has 4 rings (SSSR count). The van der Waals surface area contributed by atoms with Crippen molar-refractivity contribution in [2.75, 3.05) is 36.1 Å². The van der Waals surface area contributed by atoms with E-state index in [-0.39, 0.29) is 17.0 Å². The molecule has 1 N–H and O–H groups in total. The fraction of sp³-hybridized carbons (Fsp3) is 0.381. The summed E-state index contributed by atoms with van der Waals surface area (Å²) in [6.07, 6.45) is 2.98. The van der Waals surface area contributed by atoms with E-state index in [1.54, 1.807) is 25.1 Å². The number of hydrogen-bond donors (Lipinski definition) is 1. The number of amides is 2. The zero-order chi connectivity index (χ0) is 19.9. The molecule has 1 saturated heterocycles. The van der Waals surface area contributed by atoms with Gasteiger partial charge >= 0.3 is 6.03 Å². The number of fused-ring (bicyclic) bond motifs is 3. The second-order valence-electron chi connectivity index (χ2n) is 7.63.